The van der Waals surface area contributed by atoms with Crippen LogP contribution in [0.1, 0.15) is 15.9 Å². The van der Waals surface area contributed by atoms with Gasteiger partial charge in [-0.05, 0) is 52.6 Å². The Morgan fingerprint density at radius 3 is 2.13 bits per heavy atom. The summed E-state index contributed by atoms with van der Waals surface area (Å²) >= 11 is 0. The summed E-state index contributed by atoms with van der Waals surface area (Å²) in [6, 6.07) is 30.4. The van der Waals surface area contributed by atoms with Crippen LogP contribution >= 0.6 is 0 Å². The molecule has 0 saturated carbocycles. The van der Waals surface area contributed by atoms with Gasteiger partial charge in [-0.1, -0.05) is 66.7 Å². The van der Waals surface area contributed by atoms with Crippen LogP contribution in [-0.4, -0.2) is 31.1 Å². The van der Waals surface area contributed by atoms with Crippen molar-refractivity contribution < 1.29 is 23.9 Å². The van der Waals surface area contributed by atoms with E-state index in [4.69, 9.17) is 9.47 Å². The lowest BCUT2D eigenvalue weighted by molar-refractivity contribution is -0.136. The van der Waals surface area contributed by atoms with Crippen LogP contribution < -0.4 is 20.2 Å². The molecule has 0 aliphatic heterocycles. The average molecular weight is 518 g/mol. The van der Waals surface area contributed by atoms with Crippen LogP contribution in [-0.2, 0) is 9.59 Å². The van der Waals surface area contributed by atoms with E-state index in [1.54, 1.807) is 49.6 Å². The lowest BCUT2D eigenvalue weighted by Gasteiger charge is -2.11. The zero-order chi connectivity index (χ0) is 27.2. The summed E-state index contributed by atoms with van der Waals surface area (Å²) in [7, 11) is 1.54. The van der Waals surface area contributed by atoms with Crippen molar-refractivity contribution >= 4 is 51.2 Å². The van der Waals surface area contributed by atoms with Crippen LogP contribution in [0.4, 0.5) is 5.69 Å². The highest BCUT2D eigenvalue weighted by Crippen LogP contribution is 2.28. The molecule has 5 rings (SSSR count). The summed E-state index contributed by atoms with van der Waals surface area (Å²) in [6.45, 7) is 0. The van der Waals surface area contributed by atoms with Crippen molar-refractivity contribution in [2.45, 2.75) is 0 Å². The SMILES string of the molecule is COc1ccc(C(=O)Oc2ccc3ccccc3c2/C=N\NC(=O)C(=O)Nc2cccc3ccccc23)cc1. The number of benzene rings is 5. The van der Waals surface area contributed by atoms with E-state index >= 15 is 0 Å². The number of rotatable bonds is 6. The molecule has 5 aromatic rings. The van der Waals surface area contributed by atoms with E-state index in [0.717, 1.165) is 21.5 Å². The molecule has 0 saturated heterocycles. The number of hydrazone groups is 1. The summed E-state index contributed by atoms with van der Waals surface area (Å²) < 4.78 is 10.8. The number of methoxy groups -OCH3 is 1. The summed E-state index contributed by atoms with van der Waals surface area (Å²) in [5.41, 5.74) is 3.57. The second-order valence-electron chi connectivity index (χ2n) is 8.50. The summed E-state index contributed by atoms with van der Waals surface area (Å²) in [5, 5.41) is 9.98. The van der Waals surface area contributed by atoms with Gasteiger partial charge in [0.2, 0.25) is 0 Å². The van der Waals surface area contributed by atoms with E-state index < -0.39 is 17.8 Å². The number of carbonyl (C=O) groups is 3. The first-order valence-electron chi connectivity index (χ1n) is 12.0. The molecule has 0 fully saturated rings. The van der Waals surface area contributed by atoms with Crippen LogP contribution in [0.2, 0.25) is 0 Å². The van der Waals surface area contributed by atoms with Crippen molar-refractivity contribution in [3.63, 3.8) is 0 Å². The number of ether oxygens (including phenoxy) is 2. The largest absolute Gasteiger partial charge is 0.497 e. The van der Waals surface area contributed by atoms with Gasteiger partial charge in [0.15, 0.2) is 0 Å². The van der Waals surface area contributed by atoms with Gasteiger partial charge in [-0.2, -0.15) is 5.10 Å². The number of esters is 1. The van der Waals surface area contributed by atoms with Crippen molar-refractivity contribution in [1.82, 2.24) is 5.43 Å². The third kappa shape index (κ3) is 5.60. The monoisotopic (exact) mass is 517 g/mol. The summed E-state index contributed by atoms with van der Waals surface area (Å²) in [6.07, 6.45) is 1.35. The standard InChI is InChI=1S/C31H23N3O5/c1-38-23-16-13-22(14-17-23)31(37)39-28-18-15-21-8-2-4-10-24(21)26(28)19-32-34-30(36)29(35)33-27-12-6-9-20-7-3-5-11-25(20)27/h2-19H,1H3,(H,33,35)(H,34,36)/b32-19-. The van der Waals surface area contributed by atoms with Gasteiger partial charge in [0.05, 0.1) is 18.9 Å². The number of anilines is 1. The number of hydrogen-bond acceptors (Lipinski definition) is 6. The zero-order valence-corrected chi connectivity index (χ0v) is 20.9. The van der Waals surface area contributed by atoms with Gasteiger partial charge in [0.1, 0.15) is 11.5 Å². The molecule has 2 amide bonds. The number of amides is 2. The average Bonchev–Trinajstić information content (AvgIpc) is 2.98. The van der Waals surface area contributed by atoms with Crippen LogP contribution in [0.5, 0.6) is 11.5 Å². The molecule has 192 valence electrons. The highest BCUT2D eigenvalue weighted by molar-refractivity contribution is 6.40. The molecule has 2 N–H and O–H groups in total. The van der Waals surface area contributed by atoms with E-state index in [1.165, 1.54) is 6.21 Å². The number of hydrogen-bond donors (Lipinski definition) is 2. The van der Waals surface area contributed by atoms with Gasteiger partial charge >= 0.3 is 17.8 Å². The fourth-order valence-electron chi connectivity index (χ4n) is 4.10. The highest BCUT2D eigenvalue weighted by Gasteiger charge is 2.16. The first-order chi connectivity index (χ1) is 19.0. The molecular weight excluding hydrogens is 494 g/mol. The molecule has 0 atom stereocenters. The molecule has 0 spiro atoms. The maximum Gasteiger partial charge on any atom is 0.343 e. The Hall–Kier alpha value is -5.50. The molecule has 0 aromatic heterocycles. The molecule has 0 bridgehead atoms. The molecule has 39 heavy (non-hydrogen) atoms. The molecule has 8 heteroatoms. The molecule has 0 aliphatic carbocycles. The summed E-state index contributed by atoms with van der Waals surface area (Å²) in [5.74, 6) is -1.53. The quantitative estimate of drug-likeness (QED) is 0.104. The Kier molecular flexibility index (Phi) is 7.27. The minimum atomic E-state index is -0.948. The van der Waals surface area contributed by atoms with Gasteiger partial charge in [0.25, 0.3) is 0 Å². The van der Waals surface area contributed by atoms with Crippen molar-refractivity contribution in [2.75, 3.05) is 12.4 Å². The Morgan fingerprint density at radius 2 is 1.38 bits per heavy atom. The third-order valence-corrected chi connectivity index (χ3v) is 6.06. The number of fused-ring (bicyclic) bond motifs is 2. The van der Waals surface area contributed by atoms with Gasteiger partial charge in [0, 0.05) is 16.6 Å². The van der Waals surface area contributed by atoms with Crippen LogP contribution in [0, 0.1) is 0 Å². The topological polar surface area (TPSA) is 106 Å². The number of nitrogens with one attached hydrogen (secondary N) is 2. The smallest absolute Gasteiger partial charge is 0.343 e. The second kappa shape index (κ2) is 11.3. The van der Waals surface area contributed by atoms with Crippen molar-refractivity contribution in [1.29, 1.82) is 0 Å². The maximum absolute atomic E-state index is 12.8. The Labute approximate surface area is 223 Å². The lowest BCUT2D eigenvalue weighted by Crippen LogP contribution is -2.32. The Morgan fingerprint density at radius 1 is 0.718 bits per heavy atom. The second-order valence-corrected chi connectivity index (χ2v) is 8.50. The first kappa shape index (κ1) is 25.2. The van der Waals surface area contributed by atoms with Crippen LogP contribution in [0.3, 0.4) is 0 Å². The Balaban J connectivity index is 1.34. The minimum absolute atomic E-state index is 0.243. The van der Waals surface area contributed by atoms with Crippen molar-refractivity contribution in [3.05, 3.63) is 114 Å². The van der Waals surface area contributed by atoms with Gasteiger partial charge in [-0.15, -0.1) is 0 Å². The normalized spacial score (nSPS) is 10.9. The fourth-order valence-corrected chi connectivity index (χ4v) is 4.10. The Bertz CT molecular complexity index is 1720. The first-order valence-corrected chi connectivity index (χ1v) is 12.0. The predicted molar refractivity (Wildman–Crippen MR) is 150 cm³/mol. The maximum atomic E-state index is 12.8. The molecule has 0 radical (unpaired) electrons. The predicted octanol–water partition coefficient (Wildman–Crippen LogP) is 5.31. The molecule has 0 heterocycles. The molecule has 8 nitrogen and oxygen atoms in total. The lowest BCUT2D eigenvalue weighted by atomic mass is 10.0. The molecule has 0 aliphatic rings. The zero-order valence-electron chi connectivity index (χ0n) is 20.9. The van der Waals surface area contributed by atoms with Crippen LogP contribution in [0.15, 0.2) is 108 Å². The third-order valence-electron chi connectivity index (χ3n) is 6.06. The number of nitrogens with zero attached hydrogens (tertiary/aromatic N) is 1. The van der Waals surface area contributed by atoms with Crippen molar-refractivity contribution in [2.24, 2.45) is 5.10 Å². The minimum Gasteiger partial charge on any atom is -0.497 e. The van der Waals surface area contributed by atoms with E-state index in [1.807, 2.05) is 60.7 Å². The van der Waals surface area contributed by atoms with Crippen LogP contribution in [0.25, 0.3) is 21.5 Å². The van der Waals surface area contributed by atoms with Gasteiger partial charge in [-0.3, -0.25) is 9.59 Å². The van der Waals surface area contributed by atoms with E-state index in [0.29, 0.717) is 22.6 Å². The molecular formula is C31H23N3O5. The highest BCUT2D eigenvalue weighted by atomic mass is 16.5. The van der Waals surface area contributed by atoms with E-state index in [2.05, 4.69) is 15.8 Å². The van der Waals surface area contributed by atoms with Crippen molar-refractivity contribution in [3.8, 4) is 11.5 Å². The summed E-state index contributed by atoms with van der Waals surface area (Å²) in [4.78, 5) is 37.9. The fraction of sp³-hybridized carbons (Fsp3) is 0.0323. The van der Waals surface area contributed by atoms with E-state index in [-0.39, 0.29) is 5.75 Å². The molecule has 0 unspecified atom stereocenters. The van der Waals surface area contributed by atoms with Gasteiger partial charge in [-0.25, -0.2) is 10.2 Å². The van der Waals surface area contributed by atoms with E-state index in [9.17, 15) is 14.4 Å². The molecule has 5 aromatic carbocycles. The number of carbonyl (C=O) groups excluding carboxylic acids is 3. The van der Waals surface area contributed by atoms with Gasteiger partial charge < -0.3 is 14.8 Å².